The van der Waals surface area contributed by atoms with Gasteiger partial charge in [-0.15, -0.1) is 0 Å². The van der Waals surface area contributed by atoms with Gasteiger partial charge in [-0.25, -0.2) is 0 Å². The number of rotatable bonds is 4. The second kappa shape index (κ2) is 4.13. The maximum absolute atomic E-state index is 7.83. The average Bonchev–Trinajstić information content (AvgIpc) is 1.43. The fourth-order valence-corrected chi connectivity index (χ4v) is 1.98. The molecule has 0 heteroatoms. The molecule has 0 bridgehead atoms. The second-order valence-electron chi connectivity index (χ2n) is 4.93. The highest BCUT2D eigenvalue weighted by Gasteiger charge is 2.20. The van der Waals surface area contributed by atoms with Crippen molar-refractivity contribution in [1.82, 2.24) is 0 Å². The van der Waals surface area contributed by atoms with E-state index < -0.39 is 0 Å². The van der Waals surface area contributed by atoms with E-state index in [4.69, 9.17) is 2.74 Å². The van der Waals surface area contributed by atoms with Crippen LogP contribution in [-0.4, -0.2) is 0 Å². The van der Waals surface area contributed by atoms with Crippen molar-refractivity contribution in [1.29, 1.82) is 0 Å². The van der Waals surface area contributed by atoms with Gasteiger partial charge >= 0.3 is 0 Å². The van der Waals surface area contributed by atoms with E-state index >= 15 is 0 Å². The highest BCUT2D eigenvalue weighted by Crippen LogP contribution is 2.31. The van der Waals surface area contributed by atoms with Crippen molar-refractivity contribution in [2.24, 2.45) is 17.2 Å². The lowest BCUT2D eigenvalue weighted by atomic mass is 9.78. The SMILES string of the molecule is [2H]C(C)(C)CC(C)(C)CC([2H])(C)C. The molecule has 0 aliphatic heterocycles. The molecule has 0 aliphatic carbocycles. The van der Waals surface area contributed by atoms with Gasteiger partial charge in [-0.1, -0.05) is 41.5 Å². The molecule has 0 aromatic heterocycles. The molecule has 0 amide bonds. The minimum atomic E-state index is -0.380. The van der Waals surface area contributed by atoms with Crippen LogP contribution in [0.2, 0.25) is 0 Å². The van der Waals surface area contributed by atoms with E-state index in [1.54, 1.807) is 0 Å². The molecule has 0 aromatic carbocycles. The van der Waals surface area contributed by atoms with Crippen molar-refractivity contribution in [3.05, 3.63) is 0 Å². The van der Waals surface area contributed by atoms with Crippen molar-refractivity contribution in [2.45, 2.75) is 54.4 Å². The molecule has 0 nitrogen and oxygen atoms in total. The lowest BCUT2D eigenvalue weighted by Crippen LogP contribution is -2.16. The maximum atomic E-state index is 7.83. The minimum Gasteiger partial charge on any atom is -0.0628 e. The highest BCUT2D eigenvalue weighted by atomic mass is 14.3. The topological polar surface area (TPSA) is 0 Å². The molecule has 68 valence electrons. The zero-order chi connectivity index (χ0) is 10.9. The third-order valence-electron chi connectivity index (χ3n) is 1.66. The Balaban J connectivity index is 4.25. The summed E-state index contributed by atoms with van der Waals surface area (Å²) in [6.45, 7) is 12.0. The minimum absolute atomic E-state index is 0.0938. The van der Waals surface area contributed by atoms with E-state index in [9.17, 15) is 0 Å². The van der Waals surface area contributed by atoms with Gasteiger partial charge < -0.3 is 0 Å². The van der Waals surface area contributed by atoms with Gasteiger partial charge in [-0.2, -0.15) is 0 Å². The van der Waals surface area contributed by atoms with E-state index in [1.165, 1.54) is 0 Å². The molecule has 0 saturated heterocycles. The summed E-state index contributed by atoms with van der Waals surface area (Å²) in [5.74, 6) is -0.760. The van der Waals surface area contributed by atoms with Gasteiger partial charge in [0.15, 0.2) is 0 Å². The predicted molar refractivity (Wildman–Crippen MR) is 52.7 cm³/mol. The Labute approximate surface area is 75.2 Å². The van der Waals surface area contributed by atoms with Crippen LogP contribution in [0.15, 0.2) is 0 Å². The summed E-state index contributed by atoms with van der Waals surface area (Å²) in [5.41, 5.74) is 0.0938. The van der Waals surface area contributed by atoms with Crippen LogP contribution in [0.5, 0.6) is 0 Å². The van der Waals surface area contributed by atoms with Crippen LogP contribution in [0.25, 0.3) is 0 Å². The molecule has 0 aliphatic rings. The van der Waals surface area contributed by atoms with Crippen LogP contribution in [-0.2, 0) is 0 Å². The first kappa shape index (κ1) is 7.64. The molecule has 0 unspecified atom stereocenters. The van der Waals surface area contributed by atoms with Crippen LogP contribution < -0.4 is 0 Å². The smallest absolute Gasteiger partial charge is 0.0297 e. The first-order valence-corrected chi connectivity index (χ1v) is 4.41. The van der Waals surface area contributed by atoms with E-state index in [1.807, 2.05) is 27.7 Å². The Morgan fingerprint density at radius 2 is 1.27 bits per heavy atom. The summed E-state index contributed by atoms with van der Waals surface area (Å²) < 4.78 is 15.7. The summed E-state index contributed by atoms with van der Waals surface area (Å²) in [4.78, 5) is 0. The van der Waals surface area contributed by atoms with Crippen molar-refractivity contribution in [2.75, 3.05) is 0 Å². The summed E-state index contributed by atoms with van der Waals surface area (Å²) in [7, 11) is 0. The van der Waals surface area contributed by atoms with Gasteiger partial charge in [0.2, 0.25) is 0 Å². The number of hydrogen-bond acceptors (Lipinski definition) is 0. The molecule has 0 atom stereocenters. The van der Waals surface area contributed by atoms with Crippen LogP contribution in [0.3, 0.4) is 0 Å². The van der Waals surface area contributed by atoms with Gasteiger partial charge in [0.1, 0.15) is 0 Å². The van der Waals surface area contributed by atoms with Crippen molar-refractivity contribution >= 4 is 0 Å². The summed E-state index contributed by atoms with van der Waals surface area (Å²) in [6.07, 6.45) is 1.70. The molecule has 0 saturated carbocycles. The van der Waals surface area contributed by atoms with Gasteiger partial charge in [0, 0.05) is 2.74 Å². The van der Waals surface area contributed by atoms with Crippen LogP contribution in [0, 0.1) is 17.2 Å². The standard InChI is InChI=1S/C11H24/c1-9(2)7-11(5,6)8-10(3)4/h9-10H,7-8H2,1-6H3/i9D,10D. The molecule has 0 aromatic rings. The largest absolute Gasteiger partial charge is 0.0628 e. The summed E-state index contributed by atoms with van der Waals surface area (Å²) >= 11 is 0. The third kappa shape index (κ3) is 6.40. The zero-order valence-corrected chi connectivity index (χ0v) is 8.91. The van der Waals surface area contributed by atoms with E-state index in [0.29, 0.717) is 0 Å². The fraction of sp³-hybridized carbons (Fsp3) is 1.00. The molecule has 0 rings (SSSR count). The first-order valence-electron chi connectivity index (χ1n) is 5.41. The first-order chi connectivity index (χ1) is 5.41. The quantitative estimate of drug-likeness (QED) is 0.577. The molecular weight excluding hydrogens is 132 g/mol. The lowest BCUT2D eigenvalue weighted by molar-refractivity contribution is 0.233. The molecule has 0 radical (unpaired) electrons. The van der Waals surface area contributed by atoms with Crippen molar-refractivity contribution in [3.8, 4) is 0 Å². The molecule has 0 fully saturated rings. The van der Waals surface area contributed by atoms with Crippen LogP contribution in [0.1, 0.15) is 57.1 Å². The Hall–Kier alpha value is 0. The second-order valence-corrected chi connectivity index (χ2v) is 4.93. The van der Waals surface area contributed by atoms with Gasteiger partial charge in [0.25, 0.3) is 0 Å². The molecule has 0 heterocycles. The van der Waals surface area contributed by atoms with Crippen LogP contribution >= 0.6 is 0 Å². The van der Waals surface area contributed by atoms with Crippen molar-refractivity contribution < 1.29 is 2.74 Å². The monoisotopic (exact) mass is 158 g/mol. The molecule has 11 heavy (non-hydrogen) atoms. The molecule has 0 N–H and O–H groups in total. The fourth-order valence-electron chi connectivity index (χ4n) is 1.98. The Kier molecular flexibility index (Phi) is 2.87. The Bertz CT molecular complexity index is 140. The summed E-state index contributed by atoms with van der Waals surface area (Å²) in [5, 5.41) is 0. The number of hydrogen-bond donors (Lipinski definition) is 0. The van der Waals surface area contributed by atoms with Gasteiger partial charge in [-0.05, 0) is 30.0 Å². The van der Waals surface area contributed by atoms with Crippen LogP contribution in [0.4, 0.5) is 0 Å². The maximum Gasteiger partial charge on any atom is 0.0297 e. The Morgan fingerprint density at radius 1 is 1.00 bits per heavy atom. The van der Waals surface area contributed by atoms with Crippen molar-refractivity contribution in [3.63, 3.8) is 0 Å². The lowest BCUT2D eigenvalue weighted by Gasteiger charge is -2.28. The zero-order valence-electron chi connectivity index (χ0n) is 10.9. The van der Waals surface area contributed by atoms with E-state index in [-0.39, 0.29) is 17.2 Å². The normalized spacial score (nSPS) is 17.6. The average molecular weight is 158 g/mol. The van der Waals surface area contributed by atoms with E-state index in [2.05, 4.69) is 13.8 Å². The van der Waals surface area contributed by atoms with Gasteiger partial charge in [-0.3, -0.25) is 0 Å². The van der Waals surface area contributed by atoms with Gasteiger partial charge in [0.05, 0.1) is 0 Å². The predicted octanol–water partition coefficient (Wildman–Crippen LogP) is 4.10. The highest BCUT2D eigenvalue weighted by molar-refractivity contribution is 4.71. The summed E-state index contributed by atoms with van der Waals surface area (Å²) in [6, 6.07) is 0. The molecular formula is C11H24. The molecule has 0 spiro atoms. The Morgan fingerprint density at radius 3 is 1.45 bits per heavy atom. The third-order valence-corrected chi connectivity index (χ3v) is 1.66. The van der Waals surface area contributed by atoms with E-state index in [0.717, 1.165) is 12.8 Å².